The Kier molecular flexibility index (Phi) is 6.40. The minimum Gasteiger partial charge on any atom is -0.362 e. The van der Waals surface area contributed by atoms with E-state index in [2.05, 4.69) is 56.1 Å². The third kappa shape index (κ3) is 4.28. The summed E-state index contributed by atoms with van der Waals surface area (Å²) in [5.41, 5.74) is 5.70. The fraction of sp³-hybridized carbons (Fsp3) is 0.296. The number of allylic oxidation sites excluding steroid dienone is 1. The number of carbonyl (C=O) groups excluding carboxylic acids is 2. The van der Waals surface area contributed by atoms with Gasteiger partial charge in [-0.05, 0) is 99.4 Å². The first-order valence-corrected chi connectivity index (χ1v) is 12.1. The Morgan fingerprint density at radius 1 is 1.15 bits per heavy atom. The summed E-state index contributed by atoms with van der Waals surface area (Å²) in [5, 5.41) is 3.15. The molecule has 4 rings (SSSR count). The first-order chi connectivity index (χ1) is 16.0. The molecule has 0 spiro atoms. The third-order valence-corrected chi connectivity index (χ3v) is 6.80. The lowest BCUT2D eigenvalue weighted by atomic mass is 9.86. The van der Waals surface area contributed by atoms with E-state index >= 15 is 0 Å². The van der Waals surface area contributed by atoms with Gasteiger partial charge in [-0.25, -0.2) is 0 Å². The predicted molar refractivity (Wildman–Crippen MR) is 144 cm³/mol. The maximum absolute atomic E-state index is 13.4. The first kappa shape index (κ1) is 24.2. The van der Waals surface area contributed by atoms with Crippen LogP contribution >= 0.6 is 23.8 Å². The summed E-state index contributed by atoms with van der Waals surface area (Å²) in [6.07, 6.45) is 4.97. The Hall–Kier alpha value is -2.96. The Bertz CT molecular complexity index is 1280. The van der Waals surface area contributed by atoms with Gasteiger partial charge >= 0.3 is 0 Å². The van der Waals surface area contributed by atoms with Crippen molar-refractivity contribution >= 4 is 63.8 Å². The second-order valence-electron chi connectivity index (χ2n) is 9.30. The number of hydrogen-bond acceptors (Lipinski definition) is 4. The highest BCUT2D eigenvalue weighted by molar-refractivity contribution is 7.80. The summed E-state index contributed by atoms with van der Waals surface area (Å²) in [6.45, 7) is 11.7. The number of nitrogens with zero attached hydrogens (tertiary/aromatic N) is 2. The smallest absolute Gasteiger partial charge is 0.270 e. The minimum absolute atomic E-state index is 0.0276. The van der Waals surface area contributed by atoms with Gasteiger partial charge in [-0.15, -0.1) is 0 Å². The van der Waals surface area contributed by atoms with Crippen LogP contribution in [0.15, 0.2) is 48.0 Å². The summed E-state index contributed by atoms with van der Waals surface area (Å²) in [7, 11) is 0. The highest BCUT2D eigenvalue weighted by Gasteiger charge is 2.35. The number of carbonyl (C=O) groups is 2. The average Bonchev–Trinajstić information content (AvgIpc) is 2.74. The van der Waals surface area contributed by atoms with Crippen LogP contribution in [0.1, 0.15) is 50.8 Å². The largest absolute Gasteiger partial charge is 0.362 e. The number of thiocarbonyl (C=S) groups is 1. The van der Waals surface area contributed by atoms with Crippen molar-refractivity contribution in [2.45, 2.75) is 46.6 Å². The molecule has 1 saturated heterocycles. The van der Waals surface area contributed by atoms with Crippen LogP contribution in [0.5, 0.6) is 0 Å². The molecular weight excluding hydrogens is 466 g/mol. The number of aryl methyl sites for hydroxylation is 1. The molecule has 2 heterocycles. The monoisotopic (exact) mass is 493 g/mol. The van der Waals surface area contributed by atoms with Crippen LogP contribution in [0.3, 0.4) is 0 Å². The molecule has 2 amide bonds. The van der Waals surface area contributed by atoms with E-state index in [1.807, 2.05) is 6.92 Å². The van der Waals surface area contributed by atoms with E-state index in [-0.39, 0.29) is 16.2 Å². The topological polar surface area (TPSA) is 52.7 Å². The summed E-state index contributed by atoms with van der Waals surface area (Å²) >= 11 is 11.4. The van der Waals surface area contributed by atoms with Crippen molar-refractivity contribution < 1.29 is 9.59 Å². The van der Waals surface area contributed by atoms with E-state index in [0.717, 1.165) is 29.7 Å². The zero-order chi connectivity index (χ0) is 24.8. The molecular formula is C27H28ClN3O2S. The summed E-state index contributed by atoms with van der Waals surface area (Å²) in [6, 6.07) is 11.0. The zero-order valence-electron chi connectivity index (χ0n) is 20.0. The molecule has 176 valence electrons. The predicted octanol–water partition coefficient (Wildman–Crippen LogP) is 5.89. The number of amides is 2. The summed E-state index contributed by atoms with van der Waals surface area (Å²) in [4.78, 5) is 29.9. The molecule has 5 nitrogen and oxygen atoms in total. The van der Waals surface area contributed by atoms with Crippen LogP contribution in [0.4, 0.5) is 11.4 Å². The molecule has 0 saturated carbocycles. The molecule has 0 bridgehead atoms. The molecule has 0 unspecified atom stereocenters. The summed E-state index contributed by atoms with van der Waals surface area (Å²) < 4.78 is 0. The SMILES string of the molecule is CCCN1c2cc(C)c(/C=C3/C(=O)NC(=S)N(c4cccc(Cl)c4)C3=O)cc2C(C)=CC1(C)C. The molecule has 7 heteroatoms. The quantitative estimate of drug-likeness (QED) is 0.327. The lowest BCUT2D eigenvalue weighted by Gasteiger charge is -2.43. The van der Waals surface area contributed by atoms with Crippen LogP contribution in [0.25, 0.3) is 11.6 Å². The minimum atomic E-state index is -0.508. The van der Waals surface area contributed by atoms with Gasteiger partial charge in [-0.3, -0.25) is 19.8 Å². The lowest BCUT2D eigenvalue weighted by molar-refractivity contribution is -0.122. The lowest BCUT2D eigenvalue weighted by Crippen LogP contribution is -2.54. The molecule has 0 radical (unpaired) electrons. The normalized spacial score (nSPS) is 18.7. The molecule has 2 aliphatic heterocycles. The van der Waals surface area contributed by atoms with E-state index < -0.39 is 11.8 Å². The molecule has 1 fully saturated rings. The van der Waals surface area contributed by atoms with Crippen molar-refractivity contribution in [2.75, 3.05) is 16.3 Å². The number of fused-ring (bicyclic) bond motifs is 1. The molecule has 0 aliphatic carbocycles. The van der Waals surface area contributed by atoms with Crippen molar-refractivity contribution in [3.05, 3.63) is 69.8 Å². The maximum atomic E-state index is 13.4. The van der Waals surface area contributed by atoms with Crippen molar-refractivity contribution in [1.82, 2.24) is 5.32 Å². The van der Waals surface area contributed by atoms with E-state index in [1.165, 1.54) is 16.2 Å². The Labute approximate surface area is 211 Å². The van der Waals surface area contributed by atoms with Crippen LogP contribution < -0.4 is 15.1 Å². The highest BCUT2D eigenvalue weighted by Crippen LogP contribution is 2.41. The van der Waals surface area contributed by atoms with Gasteiger partial charge in [-0.2, -0.15) is 0 Å². The van der Waals surface area contributed by atoms with Crippen LogP contribution in [0.2, 0.25) is 5.02 Å². The van der Waals surface area contributed by atoms with Gasteiger partial charge in [0.25, 0.3) is 11.8 Å². The Morgan fingerprint density at radius 3 is 2.56 bits per heavy atom. The van der Waals surface area contributed by atoms with E-state index in [1.54, 1.807) is 30.3 Å². The maximum Gasteiger partial charge on any atom is 0.270 e. The fourth-order valence-electron chi connectivity index (χ4n) is 4.69. The van der Waals surface area contributed by atoms with Crippen molar-refractivity contribution in [1.29, 1.82) is 0 Å². The van der Waals surface area contributed by atoms with Crippen LogP contribution in [0, 0.1) is 6.92 Å². The number of hydrogen-bond donors (Lipinski definition) is 1. The fourth-order valence-corrected chi connectivity index (χ4v) is 5.16. The van der Waals surface area contributed by atoms with Gasteiger partial charge in [0.2, 0.25) is 0 Å². The first-order valence-electron chi connectivity index (χ1n) is 11.3. The number of rotatable bonds is 4. The molecule has 0 aromatic heterocycles. The second-order valence-corrected chi connectivity index (χ2v) is 10.1. The van der Waals surface area contributed by atoms with Gasteiger partial charge in [0, 0.05) is 22.8 Å². The average molecular weight is 494 g/mol. The molecule has 2 aromatic rings. The van der Waals surface area contributed by atoms with E-state index in [0.29, 0.717) is 10.7 Å². The van der Waals surface area contributed by atoms with Gasteiger partial charge < -0.3 is 4.90 Å². The second kappa shape index (κ2) is 9.01. The van der Waals surface area contributed by atoms with Gasteiger partial charge in [-0.1, -0.05) is 30.7 Å². The number of benzene rings is 2. The number of anilines is 2. The highest BCUT2D eigenvalue weighted by atomic mass is 35.5. The Balaban J connectivity index is 1.79. The number of halogens is 1. The zero-order valence-corrected chi connectivity index (χ0v) is 21.6. The Morgan fingerprint density at radius 2 is 1.88 bits per heavy atom. The van der Waals surface area contributed by atoms with E-state index in [4.69, 9.17) is 23.8 Å². The van der Waals surface area contributed by atoms with Gasteiger partial charge in [0.05, 0.1) is 11.2 Å². The van der Waals surface area contributed by atoms with Gasteiger partial charge in [0.15, 0.2) is 5.11 Å². The summed E-state index contributed by atoms with van der Waals surface area (Å²) in [5.74, 6) is -0.986. The molecule has 2 aromatic carbocycles. The molecule has 2 aliphatic rings. The van der Waals surface area contributed by atoms with Crippen LogP contribution in [-0.4, -0.2) is 29.0 Å². The van der Waals surface area contributed by atoms with E-state index in [9.17, 15) is 9.59 Å². The number of nitrogens with one attached hydrogen (secondary N) is 1. The standard InChI is InChI=1S/C27H28ClN3O2S/c1-6-10-30-23-11-16(2)18(12-21(23)17(3)15-27(30,4)5)13-22-24(32)29-26(34)31(25(22)33)20-9-7-8-19(28)14-20/h7-9,11-15H,6,10H2,1-5H3,(H,29,32,34)/b22-13-. The molecule has 1 N–H and O–H groups in total. The van der Waals surface area contributed by atoms with Crippen LogP contribution in [-0.2, 0) is 9.59 Å². The van der Waals surface area contributed by atoms with Crippen molar-refractivity contribution in [3.8, 4) is 0 Å². The van der Waals surface area contributed by atoms with Gasteiger partial charge in [0.1, 0.15) is 5.57 Å². The molecule has 0 atom stereocenters. The van der Waals surface area contributed by atoms with Crippen molar-refractivity contribution in [3.63, 3.8) is 0 Å². The van der Waals surface area contributed by atoms with Crippen molar-refractivity contribution in [2.24, 2.45) is 0 Å². The molecule has 34 heavy (non-hydrogen) atoms. The third-order valence-electron chi connectivity index (χ3n) is 6.28.